The molecule has 0 aliphatic heterocycles. The Balaban J connectivity index is 3.18. The van der Waals surface area contributed by atoms with Crippen molar-refractivity contribution < 1.29 is 23.7 Å². The van der Waals surface area contributed by atoms with Gasteiger partial charge < -0.3 is 29.0 Å². The lowest BCUT2D eigenvalue weighted by molar-refractivity contribution is 0.0822. The van der Waals surface area contributed by atoms with E-state index in [0.717, 1.165) is 32.1 Å². The Kier molecular flexibility index (Phi) is 18.3. The standard InChI is InChI=1S/C23H46N6O5/c1-6-11-30-16-24-21-25-22(28(17-31-12-7-2)18-32-13-8-3)27-23(26-21)29(19-33-14-9-4)20-34-15-10-5/h6-20H2,1-5H3,(H,24,25,26,27). The first-order valence-electron chi connectivity index (χ1n) is 12.6. The van der Waals surface area contributed by atoms with Crippen LogP contribution in [0.25, 0.3) is 0 Å². The lowest BCUT2D eigenvalue weighted by atomic mass is 10.5. The van der Waals surface area contributed by atoms with E-state index in [0.29, 0.717) is 84.5 Å². The minimum Gasteiger partial charge on any atom is -0.361 e. The van der Waals surface area contributed by atoms with Gasteiger partial charge in [-0.1, -0.05) is 34.6 Å². The zero-order chi connectivity index (χ0) is 24.9. The van der Waals surface area contributed by atoms with Crippen LogP contribution in [-0.4, -0.2) is 81.6 Å². The van der Waals surface area contributed by atoms with Gasteiger partial charge in [-0.3, -0.25) is 9.80 Å². The molecule has 0 fully saturated rings. The summed E-state index contributed by atoms with van der Waals surface area (Å²) >= 11 is 0. The fourth-order valence-electron chi connectivity index (χ4n) is 2.63. The molecule has 1 aromatic rings. The van der Waals surface area contributed by atoms with Gasteiger partial charge in [0, 0.05) is 33.0 Å². The second kappa shape index (κ2) is 20.6. The molecule has 0 bridgehead atoms. The third-order valence-corrected chi connectivity index (χ3v) is 4.24. The van der Waals surface area contributed by atoms with Gasteiger partial charge in [0.15, 0.2) is 0 Å². The number of aromatic nitrogens is 3. The van der Waals surface area contributed by atoms with E-state index in [1.165, 1.54) is 0 Å². The number of hydrogen-bond donors (Lipinski definition) is 1. The Morgan fingerprint density at radius 1 is 0.529 bits per heavy atom. The molecule has 1 heterocycles. The van der Waals surface area contributed by atoms with E-state index in [2.05, 4.69) is 49.9 Å². The Bertz CT molecular complexity index is 551. The fourth-order valence-corrected chi connectivity index (χ4v) is 2.63. The van der Waals surface area contributed by atoms with Crippen LogP contribution in [0.5, 0.6) is 0 Å². The summed E-state index contributed by atoms with van der Waals surface area (Å²) in [4.78, 5) is 17.6. The van der Waals surface area contributed by atoms with Crippen molar-refractivity contribution in [3.05, 3.63) is 0 Å². The summed E-state index contributed by atoms with van der Waals surface area (Å²) in [5, 5.41) is 3.14. The van der Waals surface area contributed by atoms with E-state index < -0.39 is 0 Å². The molecule has 0 spiro atoms. The molecule has 0 unspecified atom stereocenters. The molecule has 1 N–H and O–H groups in total. The van der Waals surface area contributed by atoms with Crippen molar-refractivity contribution in [2.75, 3.05) is 81.8 Å². The Morgan fingerprint density at radius 2 is 0.882 bits per heavy atom. The third-order valence-electron chi connectivity index (χ3n) is 4.24. The van der Waals surface area contributed by atoms with E-state index >= 15 is 0 Å². The van der Waals surface area contributed by atoms with Gasteiger partial charge in [-0.2, -0.15) is 15.0 Å². The Morgan fingerprint density at radius 3 is 1.24 bits per heavy atom. The quantitative estimate of drug-likeness (QED) is 0.180. The first-order chi connectivity index (χ1) is 16.7. The van der Waals surface area contributed by atoms with Gasteiger partial charge >= 0.3 is 0 Å². The molecule has 11 nitrogen and oxygen atoms in total. The smallest absolute Gasteiger partial charge is 0.235 e. The van der Waals surface area contributed by atoms with Crippen molar-refractivity contribution in [1.82, 2.24) is 15.0 Å². The van der Waals surface area contributed by atoms with E-state index in [1.807, 2.05) is 9.80 Å². The molecular formula is C23H46N6O5. The summed E-state index contributed by atoms with van der Waals surface area (Å²) in [6.07, 6.45) is 4.62. The monoisotopic (exact) mass is 486 g/mol. The van der Waals surface area contributed by atoms with Crippen molar-refractivity contribution in [2.45, 2.75) is 66.7 Å². The number of rotatable bonds is 23. The number of anilines is 3. The number of nitrogens with zero attached hydrogens (tertiary/aromatic N) is 5. The Hall–Kier alpha value is -1.79. The van der Waals surface area contributed by atoms with Crippen LogP contribution in [0.1, 0.15) is 66.7 Å². The second-order valence-corrected chi connectivity index (χ2v) is 7.72. The largest absolute Gasteiger partial charge is 0.361 e. The molecule has 0 saturated heterocycles. The lowest BCUT2D eigenvalue weighted by Crippen LogP contribution is -2.34. The average Bonchev–Trinajstić information content (AvgIpc) is 2.85. The van der Waals surface area contributed by atoms with Crippen LogP contribution in [0.2, 0.25) is 0 Å². The van der Waals surface area contributed by atoms with Crippen molar-refractivity contribution in [1.29, 1.82) is 0 Å². The molecule has 34 heavy (non-hydrogen) atoms. The van der Waals surface area contributed by atoms with E-state index in [1.54, 1.807) is 0 Å². The van der Waals surface area contributed by atoms with Gasteiger partial charge in [-0.25, -0.2) is 0 Å². The van der Waals surface area contributed by atoms with Crippen molar-refractivity contribution >= 4 is 17.8 Å². The van der Waals surface area contributed by atoms with Crippen LogP contribution in [-0.2, 0) is 23.7 Å². The van der Waals surface area contributed by atoms with Gasteiger partial charge in [0.25, 0.3) is 0 Å². The highest BCUT2D eigenvalue weighted by atomic mass is 16.5. The van der Waals surface area contributed by atoms with Crippen LogP contribution in [0, 0.1) is 0 Å². The minimum absolute atomic E-state index is 0.300. The molecule has 0 radical (unpaired) electrons. The van der Waals surface area contributed by atoms with Gasteiger partial charge in [0.05, 0.1) is 0 Å². The molecule has 1 aromatic heterocycles. The molecule has 1 rings (SSSR count). The van der Waals surface area contributed by atoms with Gasteiger partial charge in [0.2, 0.25) is 17.8 Å². The third kappa shape index (κ3) is 13.2. The van der Waals surface area contributed by atoms with E-state index in [9.17, 15) is 0 Å². The predicted octanol–water partition coefficient (Wildman–Crippen LogP) is 3.82. The maximum atomic E-state index is 5.78. The molecule has 198 valence electrons. The predicted molar refractivity (Wildman–Crippen MR) is 134 cm³/mol. The van der Waals surface area contributed by atoms with Crippen molar-refractivity contribution in [3.8, 4) is 0 Å². The molecule has 11 heteroatoms. The zero-order valence-corrected chi connectivity index (χ0v) is 21.9. The zero-order valence-electron chi connectivity index (χ0n) is 21.9. The summed E-state index contributed by atoms with van der Waals surface area (Å²) in [6, 6.07) is 0. The van der Waals surface area contributed by atoms with Crippen molar-refractivity contribution in [2.24, 2.45) is 0 Å². The van der Waals surface area contributed by atoms with Crippen LogP contribution in [0.15, 0.2) is 0 Å². The molecule has 0 atom stereocenters. The SMILES string of the molecule is CCCOCNc1nc(N(COCCC)COCCC)nc(N(COCCC)COCCC)n1. The first-order valence-corrected chi connectivity index (χ1v) is 12.6. The highest BCUT2D eigenvalue weighted by Gasteiger charge is 2.18. The van der Waals surface area contributed by atoms with Crippen LogP contribution in [0.4, 0.5) is 17.8 Å². The molecule has 0 aliphatic rings. The first kappa shape index (κ1) is 30.2. The average molecular weight is 487 g/mol. The van der Waals surface area contributed by atoms with Crippen LogP contribution < -0.4 is 15.1 Å². The van der Waals surface area contributed by atoms with Gasteiger partial charge in [-0.05, 0) is 32.1 Å². The highest BCUT2D eigenvalue weighted by Crippen LogP contribution is 2.18. The van der Waals surface area contributed by atoms with Crippen LogP contribution >= 0.6 is 0 Å². The number of nitrogens with one attached hydrogen (secondary N) is 1. The maximum Gasteiger partial charge on any atom is 0.235 e. The Labute approximate surface area is 205 Å². The molecular weight excluding hydrogens is 440 g/mol. The fraction of sp³-hybridized carbons (Fsp3) is 0.870. The van der Waals surface area contributed by atoms with Gasteiger partial charge in [0.1, 0.15) is 33.7 Å². The number of ether oxygens (including phenoxy) is 5. The van der Waals surface area contributed by atoms with Crippen LogP contribution in [0.3, 0.4) is 0 Å². The van der Waals surface area contributed by atoms with Gasteiger partial charge in [-0.15, -0.1) is 0 Å². The molecule has 0 amide bonds. The summed E-state index contributed by atoms with van der Waals surface area (Å²) in [5.41, 5.74) is 0. The minimum atomic E-state index is 0.300. The lowest BCUT2D eigenvalue weighted by Gasteiger charge is -2.26. The molecule has 0 saturated carbocycles. The second-order valence-electron chi connectivity index (χ2n) is 7.72. The maximum absolute atomic E-state index is 5.78. The topological polar surface area (TPSA) is 103 Å². The summed E-state index contributed by atoms with van der Waals surface area (Å²) in [5.74, 6) is 1.31. The summed E-state index contributed by atoms with van der Waals surface area (Å²) < 4.78 is 28.7. The molecule has 0 aliphatic carbocycles. The number of hydrogen-bond acceptors (Lipinski definition) is 11. The van der Waals surface area contributed by atoms with E-state index in [4.69, 9.17) is 28.7 Å². The summed E-state index contributed by atoms with van der Waals surface area (Å²) in [7, 11) is 0. The highest BCUT2D eigenvalue weighted by molar-refractivity contribution is 5.44. The van der Waals surface area contributed by atoms with Crippen molar-refractivity contribution in [3.63, 3.8) is 0 Å². The van der Waals surface area contributed by atoms with E-state index in [-0.39, 0.29) is 0 Å². The summed E-state index contributed by atoms with van der Waals surface area (Å²) in [6.45, 7) is 15.1. The normalized spacial score (nSPS) is 11.1. The molecule has 0 aromatic carbocycles.